The number of nitrogens with one attached hydrogen (secondary N) is 1. The molecule has 0 atom stereocenters. The summed E-state index contributed by atoms with van der Waals surface area (Å²) in [6.07, 6.45) is 3.96. The topological polar surface area (TPSA) is 75.7 Å². The number of morpholine rings is 1. The fraction of sp³-hybridized carbons (Fsp3) is 0.318. The van der Waals surface area contributed by atoms with E-state index in [0.29, 0.717) is 26.3 Å². The normalized spacial score (nSPS) is 15.5. The van der Waals surface area contributed by atoms with Crippen LogP contribution in [-0.2, 0) is 26.0 Å². The van der Waals surface area contributed by atoms with E-state index in [0.717, 1.165) is 28.8 Å². The molecule has 1 saturated heterocycles. The molecule has 1 fully saturated rings. The summed E-state index contributed by atoms with van der Waals surface area (Å²) in [6, 6.07) is 12.5. The maximum absolute atomic E-state index is 12.6. The van der Waals surface area contributed by atoms with Crippen molar-refractivity contribution >= 4 is 27.7 Å². The van der Waals surface area contributed by atoms with Gasteiger partial charge in [0.25, 0.3) is 0 Å². The molecular formula is C22H26N2O4S. The molecule has 3 rings (SSSR count). The maximum Gasteiger partial charge on any atom is 0.248 e. The lowest BCUT2D eigenvalue weighted by Crippen LogP contribution is -2.40. The van der Waals surface area contributed by atoms with Crippen LogP contribution in [0.1, 0.15) is 23.6 Å². The Kier molecular flexibility index (Phi) is 6.84. The van der Waals surface area contributed by atoms with Crippen LogP contribution in [0.3, 0.4) is 0 Å². The number of hydrogen-bond donors (Lipinski definition) is 1. The molecule has 154 valence electrons. The van der Waals surface area contributed by atoms with Gasteiger partial charge in [0.15, 0.2) is 0 Å². The molecule has 1 aliphatic rings. The summed E-state index contributed by atoms with van der Waals surface area (Å²) in [5, 5.41) is 2.94. The number of amides is 1. The lowest BCUT2D eigenvalue weighted by atomic mass is 10.1. The van der Waals surface area contributed by atoms with E-state index < -0.39 is 10.0 Å². The Hall–Kier alpha value is -2.48. The van der Waals surface area contributed by atoms with Crippen LogP contribution >= 0.6 is 0 Å². The third-order valence-corrected chi connectivity index (χ3v) is 6.82. The number of carbonyl (C=O) groups is 1. The Morgan fingerprint density at radius 1 is 1.14 bits per heavy atom. The smallest absolute Gasteiger partial charge is 0.248 e. The predicted octanol–water partition coefficient (Wildman–Crippen LogP) is 3.23. The van der Waals surface area contributed by atoms with Crippen LogP contribution in [0.5, 0.6) is 0 Å². The van der Waals surface area contributed by atoms with Crippen molar-refractivity contribution in [2.45, 2.75) is 25.2 Å². The number of hydrogen-bond acceptors (Lipinski definition) is 4. The zero-order valence-electron chi connectivity index (χ0n) is 16.7. The van der Waals surface area contributed by atoms with E-state index in [1.165, 1.54) is 10.4 Å². The number of carbonyl (C=O) groups excluding carboxylic acids is 1. The van der Waals surface area contributed by atoms with Gasteiger partial charge < -0.3 is 10.1 Å². The van der Waals surface area contributed by atoms with Crippen molar-refractivity contribution in [1.82, 2.24) is 4.31 Å². The highest BCUT2D eigenvalue weighted by molar-refractivity contribution is 7.89. The zero-order valence-corrected chi connectivity index (χ0v) is 17.5. The van der Waals surface area contributed by atoms with E-state index in [-0.39, 0.29) is 10.8 Å². The highest BCUT2D eigenvalue weighted by Crippen LogP contribution is 2.21. The molecule has 2 aromatic rings. The molecule has 29 heavy (non-hydrogen) atoms. The van der Waals surface area contributed by atoms with Gasteiger partial charge in [-0.3, -0.25) is 4.79 Å². The molecule has 1 heterocycles. The van der Waals surface area contributed by atoms with Crippen LogP contribution in [0.4, 0.5) is 5.69 Å². The summed E-state index contributed by atoms with van der Waals surface area (Å²) in [5.74, 6) is -0.223. The van der Waals surface area contributed by atoms with E-state index >= 15 is 0 Å². The molecular weight excluding hydrogens is 388 g/mol. The maximum atomic E-state index is 12.6. The Morgan fingerprint density at radius 3 is 2.48 bits per heavy atom. The molecule has 1 aliphatic heterocycles. The van der Waals surface area contributed by atoms with Crippen molar-refractivity contribution in [3.05, 3.63) is 65.2 Å². The molecule has 0 unspecified atom stereocenters. The van der Waals surface area contributed by atoms with Gasteiger partial charge in [-0.05, 0) is 48.2 Å². The summed E-state index contributed by atoms with van der Waals surface area (Å²) < 4.78 is 31.9. The molecule has 1 amide bonds. The van der Waals surface area contributed by atoms with Crippen molar-refractivity contribution in [2.75, 3.05) is 31.6 Å². The number of sulfonamides is 1. The average Bonchev–Trinajstić information content (AvgIpc) is 2.74. The summed E-state index contributed by atoms with van der Waals surface area (Å²) in [5.41, 5.74) is 3.70. The number of nitrogens with zero attached hydrogens (tertiary/aromatic N) is 1. The van der Waals surface area contributed by atoms with Gasteiger partial charge in [-0.15, -0.1) is 0 Å². The third kappa shape index (κ3) is 5.12. The Morgan fingerprint density at radius 2 is 1.83 bits per heavy atom. The first-order valence-electron chi connectivity index (χ1n) is 9.67. The SMILES string of the molecule is CCc1cccc(C)c1NC(=O)/C=C/c1ccc(S(=O)(=O)N2CCOCC2)cc1. The number of para-hydroxylation sites is 1. The molecule has 0 bridgehead atoms. The van der Waals surface area contributed by atoms with E-state index in [4.69, 9.17) is 4.74 Å². The monoisotopic (exact) mass is 414 g/mol. The Labute approximate surface area is 172 Å². The second-order valence-corrected chi connectivity index (χ2v) is 8.81. The molecule has 1 N–H and O–H groups in total. The Balaban J connectivity index is 1.68. The van der Waals surface area contributed by atoms with Crippen molar-refractivity contribution in [1.29, 1.82) is 0 Å². The molecule has 6 nitrogen and oxygen atoms in total. The van der Waals surface area contributed by atoms with Gasteiger partial charge in [0.05, 0.1) is 18.1 Å². The van der Waals surface area contributed by atoms with E-state index in [1.807, 2.05) is 32.0 Å². The Bertz CT molecular complexity index is 992. The molecule has 7 heteroatoms. The quantitative estimate of drug-likeness (QED) is 0.737. The van der Waals surface area contributed by atoms with Crippen LogP contribution in [0.2, 0.25) is 0 Å². The first-order chi connectivity index (χ1) is 13.9. The van der Waals surface area contributed by atoms with Gasteiger partial charge in [-0.2, -0.15) is 4.31 Å². The van der Waals surface area contributed by atoms with Gasteiger partial charge in [0.1, 0.15) is 0 Å². The van der Waals surface area contributed by atoms with E-state index in [1.54, 1.807) is 30.3 Å². The fourth-order valence-corrected chi connectivity index (χ4v) is 4.63. The zero-order chi connectivity index (χ0) is 20.9. The predicted molar refractivity (Wildman–Crippen MR) is 114 cm³/mol. The number of ether oxygens (including phenoxy) is 1. The lowest BCUT2D eigenvalue weighted by molar-refractivity contribution is -0.111. The largest absolute Gasteiger partial charge is 0.379 e. The molecule has 0 spiro atoms. The summed E-state index contributed by atoms with van der Waals surface area (Å²) in [6.45, 7) is 5.57. The van der Waals surface area contributed by atoms with Gasteiger partial charge in [-0.25, -0.2) is 8.42 Å². The van der Waals surface area contributed by atoms with E-state index in [9.17, 15) is 13.2 Å². The third-order valence-electron chi connectivity index (χ3n) is 4.90. The second kappa shape index (κ2) is 9.35. The second-order valence-electron chi connectivity index (χ2n) is 6.87. The minimum Gasteiger partial charge on any atom is -0.379 e. The van der Waals surface area contributed by atoms with Crippen LogP contribution in [-0.4, -0.2) is 44.9 Å². The number of anilines is 1. The number of benzene rings is 2. The van der Waals surface area contributed by atoms with Crippen LogP contribution in [0, 0.1) is 6.92 Å². The lowest BCUT2D eigenvalue weighted by Gasteiger charge is -2.26. The van der Waals surface area contributed by atoms with Crippen LogP contribution in [0.15, 0.2) is 53.4 Å². The first kappa shape index (κ1) is 21.2. The number of rotatable bonds is 6. The van der Waals surface area contributed by atoms with Crippen molar-refractivity contribution in [3.63, 3.8) is 0 Å². The van der Waals surface area contributed by atoms with Crippen molar-refractivity contribution in [2.24, 2.45) is 0 Å². The minimum atomic E-state index is -3.51. The van der Waals surface area contributed by atoms with Crippen LogP contribution in [0.25, 0.3) is 6.08 Å². The molecule has 0 aliphatic carbocycles. The molecule has 0 aromatic heterocycles. The van der Waals surface area contributed by atoms with E-state index in [2.05, 4.69) is 5.32 Å². The standard InChI is InChI=1S/C22H26N2O4S/c1-3-19-6-4-5-17(2)22(19)23-21(25)12-9-18-7-10-20(11-8-18)29(26,27)24-13-15-28-16-14-24/h4-12H,3,13-16H2,1-2H3,(H,23,25)/b12-9+. The minimum absolute atomic E-state index is 0.223. The van der Waals surface area contributed by atoms with Gasteiger partial charge in [0, 0.05) is 24.9 Å². The average molecular weight is 415 g/mol. The van der Waals surface area contributed by atoms with Gasteiger partial charge >= 0.3 is 0 Å². The first-order valence-corrected chi connectivity index (χ1v) is 11.1. The highest BCUT2D eigenvalue weighted by atomic mass is 32.2. The molecule has 0 radical (unpaired) electrons. The van der Waals surface area contributed by atoms with Crippen molar-refractivity contribution in [3.8, 4) is 0 Å². The number of aryl methyl sites for hydroxylation is 2. The fourth-order valence-electron chi connectivity index (χ4n) is 3.23. The van der Waals surface area contributed by atoms with Crippen molar-refractivity contribution < 1.29 is 17.9 Å². The van der Waals surface area contributed by atoms with Gasteiger partial charge in [-0.1, -0.05) is 37.3 Å². The highest BCUT2D eigenvalue weighted by Gasteiger charge is 2.25. The molecule has 2 aromatic carbocycles. The van der Waals surface area contributed by atoms with Gasteiger partial charge in [0.2, 0.25) is 15.9 Å². The summed E-state index contributed by atoms with van der Waals surface area (Å²) >= 11 is 0. The summed E-state index contributed by atoms with van der Waals surface area (Å²) in [7, 11) is -3.51. The van der Waals surface area contributed by atoms with Crippen LogP contribution < -0.4 is 5.32 Å². The summed E-state index contributed by atoms with van der Waals surface area (Å²) in [4.78, 5) is 12.6. The molecule has 0 saturated carbocycles.